The lowest BCUT2D eigenvalue weighted by atomic mass is 9.96. The molecule has 0 bridgehead atoms. The van der Waals surface area contributed by atoms with Gasteiger partial charge in [-0.15, -0.1) is 0 Å². The van der Waals surface area contributed by atoms with E-state index in [4.69, 9.17) is 0 Å². The molecule has 1 atom stereocenters. The Morgan fingerprint density at radius 2 is 1.81 bits per heavy atom. The van der Waals surface area contributed by atoms with Gasteiger partial charge in [0.05, 0.1) is 34.3 Å². The number of aliphatic hydroxyl groups is 1. The number of alkyl halides is 3. The van der Waals surface area contributed by atoms with Gasteiger partial charge in [0.2, 0.25) is 11.9 Å². The van der Waals surface area contributed by atoms with Crippen molar-refractivity contribution in [2.24, 2.45) is 5.92 Å². The average molecular weight is 439 g/mol. The van der Waals surface area contributed by atoms with E-state index in [9.17, 15) is 31.9 Å². The lowest BCUT2D eigenvalue weighted by molar-refractivity contribution is -0.137. The van der Waals surface area contributed by atoms with Gasteiger partial charge in [0.25, 0.3) is 0 Å². The van der Waals surface area contributed by atoms with Crippen molar-refractivity contribution in [1.82, 2.24) is 9.55 Å². The molecule has 1 heterocycles. The summed E-state index contributed by atoms with van der Waals surface area (Å²) in [6.07, 6.45) is -3.32. The number of amides is 1. The van der Waals surface area contributed by atoms with Crippen molar-refractivity contribution >= 4 is 22.9 Å². The van der Waals surface area contributed by atoms with Crippen LogP contribution in [0.3, 0.4) is 0 Å². The predicted molar refractivity (Wildman–Crippen MR) is 103 cm³/mol. The zero-order chi connectivity index (χ0) is 22.6. The van der Waals surface area contributed by atoms with E-state index in [1.165, 1.54) is 6.92 Å². The van der Waals surface area contributed by atoms with Crippen LogP contribution in [-0.4, -0.2) is 26.2 Å². The number of carbonyl (C=O) groups excluding carboxylic acids is 1. The second-order valence-electron chi connectivity index (χ2n) is 7.96. The Morgan fingerprint density at radius 1 is 1.16 bits per heavy atom. The molecule has 0 spiro atoms. The van der Waals surface area contributed by atoms with Crippen LogP contribution in [0.25, 0.3) is 16.7 Å². The van der Waals surface area contributed by atoms with E-state index in [0.29, 0.717) is 6.07 Å². The van der Waals surface area contributed by atoms with Gasteiger partial charge in [-0.05, 0) is 56.0 Å². The molecule has 1 fully saturated rings. The number of carbonyl (C=O) groups is 1. The van der Waals surface area contributed by atoms with Gasteiger partial charge in [0.1, 0.15) is 11.6 Å². The summed E-state index contributed by atoms with van der Waals surface area (Å²) in [6.45, 7) is 1.53. The predicted octanol–water partition coefficient (Wildman–Crippen LogP) is 4.81. The molecule has 3 aromatic rings. The van der Waals surface area contributed by atoms with Crippen molar-refractivity contribution in [2.75, 3.05) is 5.32 Å². The van der Waals surface area contributed by atoms with Gasteiger partial charge in [-0.25, -0.2) is 13.8 Å². The number of nitrogens with zero attached hydrogens (tertiary/aromatic N) is 2. The summed E-state index contributed by atoms with van der Waals surface area (Å²) in [4.78, 5) is 16.7. The fraction of sp³-hybridized carbons (Fsp3) is 0.333. The summed E-state index contributed by atoms with van der Waals surface area (Å²) in [7, 11) is 0. The van der Waals surface area contributed by atoms with Crippen LogP contribution in [-0.2, 0) is 11.0 Å². The number of hydrogen-bond donors (Lipinski definition) is 2. The number of imidazole rings is 1. The van der Waals surface area contributed by atoms with E-state index < -0.39 is 34.9 Å². The van der Waals surface area contributed by atoms with Gasteiger partial charge < -0.3 is 5.11 Å². The van der Waals surface area contributed by atoms with Crippen LogP contribution in [0.5, 0.6) is 0 Å². The number of anilines is 1. The van der Waals surface area contributed by atoms with Crippen molar-refractivity contribution in [3.63, 3.8) is 0 Å². The van der Waals surface area contributed by atoms with E-state index in [-0.39, 0.29) is 35.0 Å². The third kappa shape index (κ3) is 4.39. The molecule has 164 valence electrons. The first-order valence-corrected chi connectivity index (χ1v) is 9.52. The van der Waals surface area contributed by atoms with Crippen molar-refractivity contribution in [3.8, 4) is 5.69 Å². The van der Waals surface area contributed by atoms with Gasteiger partial charge in [-0.3, -0.25) is 14.7 Å². The Bertz CT molecular complexity index is 1150. The van der Waals surface area contributed by atoms with Crippen LogP contribution < -0.4 is 5.32 Å². The minimum absolute atomic E-state index is 0.0104. The molecule has 10 heteroatoms. The topological polar surface area (TPSA) is 67.2 Å². The van der Waals surface area contributed by atoms with Crippen LogP contribution in [0.2, 0.25) is 0 Å². The molecule has 1 aliphatic carbocycles. The highest BCUT2D eigenvalue weighted by Crippen LogP contribution is 2.41. The molecule has 2 N–H and O–H groups in total. The van der Waals surface area contributed by atoms with E-state index in [0.717, 1.165) is 47.7 Å². The van der Waals surface area contributed by atoms with Crippen molar-refractivity contribution in [1.29, 1.82) is 0 Å². The molecular weight excluding hydrogens is 421 g/mol. The van der Waals surface area contributed by atoms with Crippen LogP contribution in [0.4, 0.5) is 27.9 Å². The van der Waals surface area contributed by atoms with Crippen molar-refractivity contribution < 1.29 is 31.9 Å². The maximum atomic E-state index is 13.8. The molecule has 31 heavy (non-hydrogen) atoms. The third-order valence-corrected chi connectivity index (χ3v) is 5.31. The maximum Gasteiger partial charge on any atom is 0.416 e. The molecule has 1 amide bonds. The largest absolute Gasteiger partial charge is 0.416 e. The molecule has 5 nitrogen and oxygen atoms in total. The SMILES string of the molecule is C[C@](O)(CC(=O)Nc1nc2ccc(C(F)(F)F)cc2n1-c1cc(F)cc(F)c1)C1CC1. The second kappa shape index (κ2) is 7.30. The number of hydrogen-bond acceptors (Lipinski definition) is 3. The Morgan fingerprint density at radius 3 is 2.39 bits per heavy atom. The smallest absolute Gasteiger partial charge is 0.389 e. The van der Waals surface area contributed by atoms with Crippen molar-refractivity contribution in [2.45, 2.75) is 38.0 Å². The highest BCUT2D eigenvalue weighted by molar-refractivity contribution is 5.93. The number of halogens is 5. The molecule has 1 saturated carbocycles. The molecule has 1 aliphatic rings. The average Bonchev–Trinajstić information content (AvgIpc) is 3.42. The van der Waals surface area contributed by atoms with Gasteiger partial charge in [0, 0.05) is 6.07 Å². The molecule has 1 aromatic heterocycles. The first-order valence-electron chi connectivity index (χ1n) is 9.52. The van der Waals surface area contributed by atoms with Gasteiger partial charge in [-0.2, -0.15) is 13.2 Å². The second-order valence-corrected chi connectivity index (χ2v) is 7.96. The number of rotatable bonds is 5. The highest BCUT2D eigenvalue weighted by atomic mass is 19.4. The lowest BCUT2D eigenvalue weighted by Gasteiger charge is -2.22. The lowest BCUT2D eigenvalue weighted by Crippen LogP contribution is -2.33. The molecule has 0 aliphatic heterocycles. The Balaban J connectivity index is 1.81. The van der Waals surface area contributed by atoms with Crippen LogP contribution in [0, 0.1) is 17.6 Å². The number of fused-ring (bicyclic) bond motifs is 1. The Labute approximate surface area is 173 Å². The summed E-state index contributed by atoms with van der Waals surface area (Å²) in [6, 6.07) is 5.19. The van der Waals surface area contributed by atoms with E-state index >= 15 is 0 Å². The van der Waals surface area contributed by atoms with E-state index in [1.54, 1.807) is 0 Å². The molecule has 4 rings (SSSR count). The Kier molecular flexibility index (Phi) is 5.00. The third-order valence-electron chi connectivity index (χ3n) is 5.31. The number of benzene rings is 2. The molecule has 0 unspecified atom stereocenters. The minimum atomic E-state index is -4.65. The van der Waals surface area contributed by atoms with Crippen LogP contribution in [0.1, 0.15) is 31.7 Å². The minimum Gasteiger partial charge on any atom is -0.389 e. The molecule has 0 saturated heterocycles. The summed E-state index contributed by atoms with van der Waals surface area (Å²) >= 11 is 0. The summed E-state index contributed by atoms with van der Waals surface area (Å²) in [5, 5.41) is 12.9. The highest BCUT2D eigenvalue weighted by Gasteiger charge is 2.41. The summed E-state index contributed by atoms with van der Waals surface area (Å²) < 4.78 is 68.3. The number of nitrogens with one attached hydrogen (secondary N) is 1. The Hall–Kier alpha value is -3.01. The zero-order valence-corrected chi connectivity index (χ0v) is 16.3. The molecule has 2 aromatic carbocycles. The molecular formula is C21H18F5N3O2. The van der Waals surface area contributed by atoms with E-state index in [1.807, 2.05) is 0 Å². The molecule has 0 radical (unpaired) electrons. The fourth-order valence-corrected chi connectivity index (χ4v) is 3.61. The quantitative estimate of drug-likeness (QED) is 0.561. The fourth-order valence-electron chi connectivity index (χ4n) is 3.61. The van der Waals surface area contributed by atoms with Crippen molar-refractivity contribution in [3.05, 3.63) is 53.6 Å². The van der Waals surface area contributed by atoms with Gasteiger partial charge in [-0.1, -0.05) is 0 Å². The van der Waals surface area contributed by atoms with E-state index in [2.05, 4.69) is 10.3 Å². The summed E-state index contributed by atoms with van der Waals surface area (Å²) in [5.74, 6) is -2.74. The number of aromatic nitrogens is 2. The van der Waals surface area contributed by atoms with Gasteiger partial charge in [0.15, 0.2) is 0 Å². The first kappa shape index (κ1) is 21.2. The van der Waals surface area contributed by atoms with Crippen LogP contribution in [0.15, 0.2) is 36.4 Å². The standard InChI is InChI=1S/C21H18F5N3O2/c1-20(31,11-2-3-11)10-18(30)28-19-27-16-5-4-12(21(24,25)26)6-17(16)29(19)15-8-13(22)7-14(23)9-15/h4-9,11,31H,2-3,10H2,1H3,(H,27,28,30)/t20-/m0/s1. The normalized spacial score (nSPS) is 16.4. The maximum absolute atomic E-state index is 13.8. The van der Waals surface area contributed by atoms with Crippen LogP contribution >= 0.6 is 0 Å². The first-order chi connectivity index (χ1) is 14.4. The zero-order valence-electron chi connectivity index (χ0n) is 16.3. The summed E-state index contributed by atoms with van der Waals surface area (Å²) in [5.41, 5.74) is -2.38. The monoisotopic (exact) mass is 439 g/mol. The van der Waals surface area contributed by atoms with Gasteiger partial charge >= 0.3 is 6.18 Å².